The number of thiophene rings is 1. The van der Waals surface area contributed by atoms with Gasteiger partial charge in [-0.15, -0.1) is 11.3 Å². The average Bonchev–Trinajstić information content (AvgIpc) is 2.78. The molecule has 0 atom stereocenters. The van der Waals surface area contributed by atoms with Gasteiger partial charge in [-0.2, -0.15) is 0 Å². The highest BCUT2D eigenvalue weighted by Crippen LogP contribution is 2.39. The van der Waals surface area contributed by atoms with Crippen LogP contribution in [0.4, 0.5) is 0 Å². The van der Waals surface area contributed by atoms with Crippen LogP contribution in [0.3, 0.4) is 0 Å². The van der Waals surface area contributed by atoms with Gasteiger partial charge in [0, 0.05) is 15.1 Å². The number of hydrogen-bond acceptors (Lipinski definition) is 5. The first-order chi connectivity index (χ1) is 9.99. The van der Waals surface area contributed by atoms with Gasteiger partial charge in [-0.3, -0.25) is 0 Å². The van der Waals surface area contributed by atoms with Crippen molar-refractivity contribution in [1.82, 2.24) is 0 Å². The zero-order chi connectivity index (χ0) is 15.6. The Kier molecular flexibility index (Phi) is 5.08. The van der Waals surface area contributed by atoms with Crippen LogP contribution in [0.5, 0.6) is 0 Å². The minimum atomic E-state index is -0.601. The van der Waals surface area contributed by atoms with Gasteiger partial charge in [0.1, 0.15) is 4.88 Å². The van der Waals surface area contributed by atoms with E-state index >= 15 is 0 Å². The number of ether oxygens (including phenoxy) is 2. The molecule has 0 saturated carbocycles. The molecule has 112 valence electrons. The van der Waals surface area contributed by atoms with Crippen LogP contribution in [-0.4, -0.2) is 25.2 Å². The summed E-state index contributed by atoms with van der Waals surface area (Å²) in [5.41, 5.74) is 0.136. The Morgan fingerprint density at radius 3 is 2.33 bits per heavy atom. The van der Waals surface area contributed by atoms with Crippen molar-refractivity contribution in [2.45, 2.75) is 13.8 Å². The second-order valence-electron chi connectivity index (χ2n) is 4.01. The monoisotopic (exact) mass is 346 g/mol. The fraction of sp³-hybridized carbons (Fsp3) is 0.286. The minimum absolute atomic E-state index is 0.136. The lowest BCUT2D eigenvalue weighted by Crippen LogP contribution is -2.11. The fourth-order valence-electron chi connectivity index (χ4n) is 1.89. The topological polar surface area (TPSA) is 52.6 Å². The van der Waals surface area contributed by atoms with Crippen molar-refractivity contribution >= 4 is 56.6 Å². The van der Waals surface area contributed by atoms with Gasteiger partial charge in [0.15, 0.2) is 0 Å². The standard InChI is InChI=1S/C14H12Cl2O4S/c1-3-19-13(17)11-10-8(16)5-7(15)6-9(10)21-12(11)14(18)20-4-2/h5-6H,3-4H2,1-2H3. The van der Waals surface area contributed by atoms with Crippen LogP contribution in [0.2, 0.25) is 10.0 Å². The predicted octanol–water partition coefficient (Wildman–Crippen LogP) is 4.56. The third-order valence-electron chi connectivity index (χ3n) is 2.65. The van der Waals surface area contributed by atoms with Gasteiger partial charge >= 0.3 is 11.9 Å². The van der Waals surface area contributed by atoms with Gasteiger partial charge in [-0.05, 0) is 26.0 Å². The molecule has 0 aliphatic heterocycles. The zero-order valence-corrected chi connectivity index (χ0v) is 13.7. The van der Waals surface area contributed by atoms with Gasteiger partial charge in [0.2, 0.25) is 0 Å². The first kappa shape index (κ1) is 16.1. The molecule has 7 heteroatoms. The molecule has 0 radical (unpaired) electrons. The lowest BCUT2D eigenvalue weighted by Gasteiger charge is -2.05. The molecule has 2 aromatic rings. The second-order valence-corrected chi connectivity index (χ2v) is 5.90. The Morgan fingerprint density at radius 1 is 1.10 bits per heavy atom. The Balaban J connectivity index is 2.72. The summed E-state index contributed by atoms with van der Waals surface area (Å²) in [6.07, 6.45) is 0. The number of carbonyl (C=O) groups is 2. The van der Waals surface area contributed by atoms with Crippen molar-refractivity contribution in [3.05, 3.63) is 32.6 Å². The van der Waals surface area contributed by atoms with E-state index in [0.29, 0.717) is 20.1 Å². The van der Waals surface area contributed by atoms with E-state index in [2.05, 4.69) is 0 Å². The smallest absolute Gasteiger partial charge is 0.349 e. The molecule has 0 aliphatic rings. The van der Waals surface area contributed by atoms with Crippen molar-refractivity contribution < 1.29 is 19.1 Å². The number of benzene rings is 1. The van der Waals surface area contributed by atoms with Crippen LogP contribution in [0.15, 0.2) is 12.1 Å². The highest BCUT2D eigenvalue weighted by molar-refractivity contribution is 7.21. The molecule has 4 nitrogen and oxygen atoms in total. The van der Waals surface area contributed by atoms with Crippen LogP contribution in [0, 0.1) is 0 Å². The third kappa shape index (κ3) is 3.15. The molecule has 1 aromatic carbocycles. The Labute approximate surface area is 135 Å². The van der Waals surface area contributed by atoms with E-state index in [1.807, 2.05) is 0 Å². The Morgan fingerprint density at radius 2 is 1.71 bits per heavy atom. The molecule has 0 N–H and O–H groups in total. The highest BCUT2D eigenvalue weighted by Gasteiger charge is 2.27. The van der Waals surface area contributed by atoms with E-state index in [1.54, 1.807) is 19.9 Å². The molecule has 2 rings (SSSR count). The summed E-state index contributed by atoms with van der Waals surface area (Å²) in [6, 6.07) is 3.18. The van der Waals surface area contributed by atoms with Crippen LogP contribution in [-0.2, 0) is 9.47 Å². The van der Waals surface area contributed by atoms with Gasteiger partial charge in [-0.25, -0.2) is 9.59 Å². The predicted molar refractivity (Wildman–Crippen MR) is 83.8 cm³/mol. The number of carbonyl (C=O) groups excluding carboxylic acids is 2. The molecule has 0 aliphatic carbocycles. The average molecular weight is 347 g/mol. The summed E-state index contributed by atoms with van der Waals surface area (Å²) in [5.74, 6) is -1.18. The molecule has 0 fully saturated rings. The van der Waals surface area contributed by atoms with E-state index < -0.39 is 11.9 Å². The van der Waals surface area contributed by atoms with Gasteiger partial charge in [0.25, 0.3) is 0 Å². The molecule has 21 heavy (non-hydrogen) atoms. The lowest BCUT2D eigenvalue weighted by molar-refractivity contribution is 0.0485. The largest absolute Gasteiger partial charge is 0.462 e. The lowest BCUT2D eigenvalue weighted by atomic mass is 10.1. The number of halogens is 2. The van der Waals surface area contributed by atoms with Crippen molar-refractivity contribution in [2.24, 2.45) is 0 Å². The van der Waals surface area contributed by atoms with E-state index in [1.165, 1.54) is 6.07 Å². The van der Waals surface area contributed by atoms with Gasteiger partial charge < -0.3 is 9.47 Å². The summed E-state index contributed by atoms with van der Waals surface area (Å²) in [7, 11) is 0. The fourth-order valence-corrected chi connectivity index (χ4v) is 3.74. The SMILES string of the molecule is CCOC(=O)c1sc2cc(Cl)cc(Cl)c2c1C(=O)OCC. The van der Waals surface area contributed by atoms with E-state index in [4.69, 9.17) is 32.7 Å². The molecule has 0 bridgehead atoms. The van der Waals surface area contributed by atoms with E-state index in [-0.39, 0.29) is 23.7 Å². The molecule has 0 amide bonds. The van der Waals surface area contributed by atoms with Crippen molar-refractivity contribution in [1.29, 1.82) is 0 Å². The molecule has 1 heterocycles. The first-order valence-electron chi connectivity index (χ1n) is 6.25. The summed E-state index contributed by atoms with van der Waals surface area (Å²) < 4.78 is 10.6. The van der Waals surface area contributed by atoms with Crippen LogP contribution < -0.4 is 0 Å². The summed E-state index contributed by atoms with van der Waals surface area (Å²) in [4.78, 5) is 24.4. The van der Waals surface area contributed by atoms with E-state index in [0.717, 1.165) is 11.3 Å². The third-order valence-corrected chi connectivity index (χ3v) is 4.28. The van der Waals surface area contributed by atoms with Crippen LogP contribution in [0.1, 0.15) is 33.9 Å². The molecular weight excluding hydrogens is 335 g/mol. The second kappa shape index (κ2) is 6.64. The van der Waals surface area contributed by atoms with Crippen molar-refractivity contribution in [2.75, 3.05) is 13.2 Å². The number of rotatable bonds is 4. The van der Waals surface area contributed by atoms with Gasteiger partial charge in [-0.1, -0.05) is 23.2 Å². The maximum absolute atomic E-state index is 12.2. The van der Waals surface area contributed by atoms with Crippen molar-refractivity contribution in [3.63, 3.8) is 0 Å². The molecular formula is C14H12Cl2O4S. The van der Waals surface area contributed by atoms with Crippen LogP contribution in [0.25, 0.3) is 10.1 Å². The molecule has 0 saturated heterocycles. The normalized spacial score (nSPS) is 10.7. The maximum atomic E-state index is 12.2. The summed E-state index contributed by atoms with van der Waals surface area (Å²) in [6.45, 7) is 3.79. The molecule has 0 unspecified atom stereocenters. The number of hydrogen-bond donors (Lipinski definition) is 0. The Bertz CT molecular complexity index is 709. The Hall–Kier alpha value is -1.30. The van der Waals surface area contributed by atoms with E-state index in [9.17, 15) is 9.59 Å². The maximum Gasteiger partial charge on any atom is 0.349 e. The first-order valence-corrected chi connectivity index (χ1v) is 7.82. The van der Waals surface area contributed by atoms with Crippen LogP contribution >= 0.6 is 34.5 Å². The van der Waals surface area contributed by atoms with Gasteiger partial charge in [0.05, 0.1) is 23.8 Å². The summed E-state index contributed by atoms with van der Waals surface area (Å²) in [5, 5.41) is 1.19. The van der Waals surface area contributed by atoms with Crippen molar-refractivity contribution in [3.8, 4) is 0 Å². The zero-order valence-electron chi connectivity index (χ0n) is 11.4. The number of esters is 2. The summed E-state index contributed by atoms with van der Waals surface area (Å²) >= 11 is 13.2. The minimum Gasteiger partial charge on any atom is -0.462 e. The quantitative estimate of drug-likeness (QED) is 0.761. The highest BCUT2D eigenvalue weighted by atomic mass is 35.5. The molecule has 0 spiro atoms. The molecule has 1 aromatic heterocycles. The number of fused-ring (bicyclic) bond motifs is 1.